The van der Waals surface area contributed by atoms with Gasteiger partial charge >= 0.3 is 0 Å². The summed E-state index contributed by atoms with van der Waals surface area (Å²) in [6, 6.07) is 12.2. The van der Waals surface area contributed by atoms with E-state index in [0.29, 0.717) is 24.5 Å². The van der Waals surface area contributed by atoms with Crippen molar-refractivity contribution in [3.63, 3.8) is 0 Å². The van der Waals surface area contributed by atoms with Gasteiger partial charge in [0.1, 0.15) is 11.5 Å². The molecule has 0 spiro atoms. The van der Waals surface area contributed by atoms with Crippen molar-refractivity contribution in [3.8, 4) is 22.9 Å². The standard InChI is InChI=1S/C20H20N4O2/c21-16-3-1-13(2-4-16)20-22-10-15-12-24(8-7-18(15)23-20)11-14-9-17(25)5-6-19(14)26/h1-6,9-10,25-26H,7-8,11-12,21H2. The Morgan fingerprint density at radius 2 is 1.88 bits per heavy atom. The lowest BCUT2D eigenvalue weighted by Gasteiger charge is -2.28. The molecule has 0 saturated heterocycles. The number of nitrogens with zero attached hydrogens (tertiary/aromatic N) is 3. The van der Waals surface area contributed by atoms with Crippen LogP contribution in [0, 0.1) is 0 Å². The van der Waals surface area contributed by atoms with Gasteiger partial charge < -0.3 is 15.9 Å². The van der Waals surface area contributed by atoms with Crippen molar-refractivity contribution in [2.45, 2.75) is 19.5 Å². The van der Waals surface area contributed by atoms with Crippen molar-refractivity contribution in [2.75, 3.05) is 12.3 Å². The van der Waals surface area contributed by atoms with Crippen LogP contribution in [0.3, 0.4) is 0 Å². The Balaban J connectivity index is 1.52. The number of benzene rings is 2. The van der Waals surface area contributed by atoms with Crippen LogP contribution >= 0.6 is 0 Å². The molecule has 0 radical (unpaired) electrons. The van der Waals surface area contributed by atoms with E-state index in [2.05, 4.69) is 9.88 Å². The molecule has 4 rings (SSSR count). The van der Waals surface area contributed by atoms with Gasteiger partial charge in [-0.2, -0.15) is 0 Å². The predicted octanol–water partition coefficient (Wildman–Crippen LogP) is 2.70. The Hall–Kier alpha value is -3.12. The highest BCUT2D eigenvalue weighted by atomic mass is 16.3. The summed E-state index contributed by atoms with van der Waals surface area (Å²) in [5.41, 5.74) is 10.3. The van der Waals surface area contributed by atoms with Gasteiger partial charge in [-0.05, 0) is 42.5 Å². The fourth-order valence-electron chi connectivity index (χ4n) is 3.22. The Labute approximate surface area is 151 Å². The first kappa shape index (κ1) is 16.4. The summed E-state index contributed by atoms with van der Waals surface area (Å²) < 4.78 is 0. The quantitative estimate of drug-likeness (QED) is 0.497. The van der Waals surface area contributed by atoms with Gasteiger partial charge in [-0.3, -0.25) is 4.90 Å². The normalized spacial score (nSPS) is 14.2. The molecule has 0 unspecified atom stereocenters. The Morgan fingerprint density at radius 3 is 2.69 bits per heavy atom. The monoisotopic (exact) mass is 348 g/mol. The van der Waals surface area contributed by atoms with Crippen LogP contribution in [0.5, 0.6) is 11.5 Å². The molecule has 1 aliphatic rings. The smallest absolute Gasteiger partial charge is 0.159 e. The Bertz CT molecular complexity index is 941. The van der Waals surface area contributed by atoms with Crippen LogP contribution < -0.4 is 5.73 Å². The zero-order valence-corrected chi connectivity index (χ0v) is 14.3. The molecule has 0 aliphatic carbocycles. The summed E-state index contributed by atoms with van der Waals surface area (Å²) in [6.45, 7) is 2.12. The molecule has 0 bridgehead atoms. The van der Waals surface area contributed by atoms with Crippen LogP contribution in [0.15, 0.2) is 48.7 Å². The number of hydrogen-bond acceptors (Lipinski definition) is 6. The summed E-state index contributed by atoms with van der Waals surface area (Å²) in [4.78, 5) is 11.4. The number of nitrogens with two attached hydrogens (primary N) is 1. The second-order valence-corrected chi connectivity index (χ2v) is 6.56. The van der Waals surface area contributed by atoms with E-state index in [0.717, 1.165) is 35.5 Å². The van der Waals surface area contributed by atoms with Crippen molar-refractivity contribution < 1.29 is 10.2 Å². The molecule has 2 heterocycles. The van der Waals surface area contributed by atoms with E-state index in [1.54, 1.807) is 6.07 Å². The van der Waals surface area contributed by atoms with E-state index in [9.17, 15) is 10.2 Å². The number of phenols is 2. The van der Waals surface area contributed by atoms with Crippen molar-refractivity contribution >= 4 is 5.69 Å². The van der Waals surface area contributed by atoms with E-state index in [-0.39, 0.29) is 11.5 Å². The molecule has 6 heteroatoms. The number of anilines is 1. The first-order chi connectivity index (χ1) is 12.6. The number of nitrogen functional groups attached to an aromatic ring is 1. The van der Waals surface area contributed by atoms with Gasteiger partial charge in [-0.1, -0.05) is 0 Å². The third-order valence-corrected chi connectivity index (χ3v) is 4.64. The highest BCUT2D eigenvalue weighted by Gasteiger charge is 2.20. The molecule has 4 N–H and O–H groups in total. The molecule has 2 aromatic carbocycles. The number of rotatable bonds is 3. The molecule has 132 valence electrons. The summed E-state index contributed by atoms with van der Waals surface area (Å²) in [7, 11) is 0. The van der Waals surface area contributed by atoms with Gasteiger partial charge in [0.15, 0.2) is 5.82 Å². The minimum Gasteiger partial charge on any atom is -0.508 e. The van der Waals surface area contributed by atoms with Gasteiger partial charge in [-0.15, -0.1) is 0 Å². The van der Waals surface area contributed by atoms with E-state index >= 15 is 0 Å². The minimum atomic E-state index is 0.159. The average Bonchev–Trinajstić information content (AvgIpc) is 2.65. The number of hydrogen-bond donors (Lipinski definition) is 3. The first-order valence-corrected chi connectivity index (χ1v) is 8.52. The molecule has 0 atom stereocenters. The van der Waals surface area contributed by atoms with Crippen LogP contribution in [0.2, 0.25) is 0 Å². The molecular formula is C20H20N4O2. The van der Waals surface area contributed by atoms with Crippen LogP contribution in [0.4, 0.5) is 5.69 Å². The lowest BCUT2D eigenvalue weighted by Crippen LogP contribution is -2.31. The molecule has 6 nitrogen and oxygen atoms in total. The Morgan fingerprint density at radius 1 is 1.08 bits per heavy atom. The number of aromatic nitrogens is 2. The van der Waals surface area contributed by atoms with Gasteiger partial charge in [0.2, 0.25) is 0 Å². The maximum atomic E-state index is 9.97. The molecule has 3 aromatic rings. The van der Waals surface area contributed by atoms with Gasteiger partial charge in [0, 0.05) is 54.6 Å². The van der Waals surface area contributed by atoms with E-state index in [1.165, 1.54) is 12.1 Å². The van der Waals surface area contributed by atoms with E-state index < -0.39 is 0 Å². The Kier molecular flexibility index (Phi) is 4.18. The lowest BCUT2D eigenvalue weighted by atomic mass is 10.1. The summed E-state index contributed by atoms with van der Waals surface area (Å²) >= 11 is 0. The van der Waals surface area contributed by atoms with Crippen LogP contribution in [0.1, 0.15) is 16.8 Å². The fourth-order valence-corrected chi connectivity index (χ4v) is 3.22. The third kappa shape index (κ3) is 3.32. The van der Waals surface area contributed by atoms with Crippen LogP contribution in [-0.2, 0) is 19.5 Å². The van der Waals surface area contributed by atoms with Crippen molar-refractivity contribution in [1.82, 2.24) is 14.9 Å². The first-order valence-electron chi connectivity index (χ1n) is 8.52. The zero-order chi connectivity index (χ0) is 18.1. The minimum absolute atomic E-state index is 0.159. The zero-order valence-electron chi connectivity index (χ0n) is 14.3. The molecule has 1 aliphatic heterocycles. The van der Waals surface area contributed by atoms with Crippen molar-refractivity contribution in [1.29, 1.82) is 0 Å². The van der Waals surface area contributed by atoms with Gasteiger partial charge in [0.05, 0.1) is 5.69 Å². The molecule has 0 amide bonds. The van der Waals surface area contributed by atoms with Crippen molar-refractivity contribution in [3.05, 3.63) is 65.5 Å². The van der Waals surface area contributed by atoms with Crippen LogP contribution in [0.25, 0.3) is 11.4 Å². The van der Waals surface area contributed by atoms with Crippen LogP contribution in [-0.4, -0.2) is 31.6 Å². The summed E-state index contributed by atoms with van der Waals surface area (Å²) in [5.74, 6) is 1.07. The second-order valence-electron chi connectivity index (χ2n) is 6.56. The van der Waals surface area contributed by atoms with Gasteiger partial charge in [-0.25, -0.2) is 9.97 Å². The maximum Gasteiger partial charge on any atom is 0.159 e. The van der Waals surface area contributed by atoms with E-state index in [1.807, 2.05) is 30.5 Å². The largest absolute Gasteiger partial charge is 0.508 e. The number of aromatic hydroxyl groups is 2. The van der Waals surface area contributed by atoms with Gasteiger partial charge in [0.25, 0.3) is 0 Å². The maximum absolute atomic E-state index is 9.97. The molecule has 0 fully saturated rings. The summed E-state index contributed by atoms with van der Waals surface area (Å²) in [5, 5.41) is 19.6. The highest BCUT2D eigenvalue weighted by molar-refractivity contribution is 5.58. The molecule has 1 aromatic heterocycles. The second kappa shape index (κ2) is 6.65. The highest BCUT2D eigenvalue weighted by Crippen LogP contribution is 2.27. The molecule has 0 saturated carbocycles. The SMILES string of the molecule is Nc1ccc(-c2ncc3c(n2)CCN(Cc2cc(O)ccc2O)C3)cc1. The third-order valence-electron chi connectivity index (χ3n) is 4.64. The molecular weight excluding hydrogens is 328 g/mol. The van der Waals surface area contributed by atoms with Crippen molar-refractivity contribution in [2.24, 2.45) is 0 Å². The van der Waals surface area contributed by atoms with E-state index in [4.69, 9.17) is 10.7 Å². The summed E-state index contributed by atoms with van der Waals surface area (Å²) in [6.07, 6.45) is 2.70. The topological polar surface area (TPSA) is 95.5 Å². The number of fused-ring (bicyclic) bond motifs is 1. The molecule has 26 heavy (non-hydrogen) atoms. The lowest BCUT2D eigenvalue weighted by molar-refractivity contribution is 0.239. The number of phenolic OH excluding ortho intramolecular Hbond substituents is 2. The predicted molar refractivity (Wildman–Crippen MR) is 99.5 cm³/mol. The average molecular weight is 348 g/mol. The fraction of sp³-hybridized carbons (Fsp3) is 0.200.